The molecule has 1 aliphatic rings. The smallest absolute Gasteiger partial charge is 0.212 e. The fourth-order valence-corrected chi connectivity index (χ4v) is 4.63. The fourth-order valence-electron chi connectivity index (χ4n) is 0.712. The van der Waals surface area contributed by atoms with Crippen molar-refractivity contribution in [1.29, 1.82) is 0 Å². The molecule has 0 saturated carbocycles. The van der Waals surface area contributed by atoms with Gasteiger partial charge in [-0.1, -0.05) is 18.3 Å². The maximum atomic E-state index is 10.9. The predicted molar refractivity (Wildman–Crippen MR) is 56.4 cm³/mol. The van der Waals surface area contributed by atoms with Gasteiger partial charge in [0.2, 0.25) is 5.12 Å². The maximum absolute atomic E-state index is 10.9. The molecule has 0 N–H and O–H groups in total. The molecule has 0 aliphatic carbocycles. The summed E-state index contributed by atoms with van der Waals surface area (Å²) in [4.78, 5) is 10.9. The number of carbonyl (C=O) groups is 1. The molecular formula is C7H10OS3. The van der Waals surface area contributed by atoms with Crippen LogP contribution in [-0.4, -0.2) is 27.0 Å². The largest absolute Gasteiger partial charge is 0.282 e. The van der Waals surface area contributed by atoms with Gasteiger partial charge in [0.1, 0.15) is 0 Å². The van der Waals surface area contributed by atoms with Crippen LogP contribution in [0.1, 0.15) is 0 Å². The van der Waals surface area contributed by atoms with Crippen molar-refractivity contribution in [1.82, 2.24) is 0 Å². The Morgan fingerprint density at radius 3 is 3.00 bits per heavy atom. The highest BCUT2D eigenvalue weighted by Crippen LogP contribution is 2.32. The summed E-state index contributed by atoms with van der Waals surface area (Å²) in [6.07, 6.45) is 1.39. The van der Waals surface area contributed by atoms with E-state index in [0.29, 0.717) is 4.58 Å². The second kappa shape index (κ2) is 5.17. The molecule has 0 bridgehead atoms. The summed E-state index contributed by atoms with van der Waals surface area (Å²) < 4.78 is 0.458. The van der Waals surface area contributed by atoms with Crippen molar-refractivity contribution in [2.75, 3.05) is 17.3 Å². The molecule has 0 aromatic carbocycles. The SMILES string of the molecule is C=CC(=O)SC1CSCCS1. The molecule has 0 spiro atoms. The Labute approximate surface area is 79.8 Å². The van der Waals surface area contributed by atoms with Crippen molar-refractivity contribution < 1.29 is 4.79 Å². The van der Waals surface area contributed by atoms with Crippen molar-refractivity contribution in [2.24, 2.45) is 0 Å². The Hall–Kier alpha value is 0.460. The highest BCUT2D eigenvalue weighted by atomic mass is 32.2. The molecule has 1 unspecified atom stereocenters. The van der Waals surface area contributed by atoms with E-state index in [4.69, 9.17) is 0 Å². The molecule has 1 nitrogen and oxygen atoms in total. The Bertz CT molecular complexity index is 152. The minimum absolute atomic E-state index is 0.102. The lowest BCUT2D eigenvalue weighted by atomic mass is 10.7. The summed E-state index contributed by atoms with van der Waals surface area (Å²) in [5.41, 5.74) is 0. The topological polar surface area (TPSA) is 17.1 Å². The summed E-state index contributed by atoms with van der Waals surface area (Å²) in [7, 11) is 0. The molecule has 62 valence electrons. The molecule has 11 heavy (non-hydrogen) atoms. The zero-order valence-electron chi connectivity index (χ0n) is 6.12. The summed E-state index contributed by atoms with van der Waals surface area (Å²) in [6.45, 7) is 3.44. The van der Waals surface area contributed by atoms with Crippen molar-refractivity contribution >= 4 is 40.4 Å². The van der Waals surface area contributed by atoms with Gasteiger partial charge in [-0.15, -0.1) is 11.8 Å². The van der Waals surface area contributed by atoms with Crippen LogP contribution in [0.25, 0.3) is 0 Å². The van der Waals surface area contributed by atoms with E-state index in [1.807, 2.05) is 23.5 Å². The van der Waals surface area contributed by atoms with Gasteiger partial charge in [0.05, 0.1) is 4.58 Å². The molecule has 1 rings (SSSR count). The average Bonchev–Trinajstić information content (AvgIpc) is 2.06. The van der Waals surface area contributed by atoms with Gasteiger partial charge in [-0.2, -0.15) is 11.8 Å². The number of carbonyl (C=O) groups excluding carboxylic acids is 1. The summed E-state index contributed by atoms with van der Waals surface area (Å²) in [5.74, 6) is 3.49. The Morgan fingerprint density at radius 1 is 1.64 bits per heavy atom. The highest BCUT2D eigenvalue weighted by Gasteiger charge is 2.16. The van der Waals surface area contributed by atoms with Crippen LogP contribution in [0.3, 0.4) is 0 Å². The first-order valence-corrected chi connectivity index (χ1v) is 6.43. The molecule has 1 fully saturated rings. The van der Waals surface area contributed by atoms with Gasteiger partial charge in [0.15, 0.2) is 0 Å². The van der Waals surface area contributed by atoms with Crippen LogP contribution in [-0.2, 0) is 4.79 Å². The molecule has 0 radical (unpaired) electrons. The van der Waals surface area contributed by atoms with Gasteiger partial charge in [-0.05, 0) is 6.08 Å². The van der Waals surface area contributed by atoms with Crippen molar-refractivity contribution in [2.45, 2.75) is 4.58 Å². The van der Waals surface area contributed by atoms with E-state index in [-0.39, 0.29) is 5.12 Å². The van der Waals surface area contributed by atoms with E-state index in [1.54, 1.807) is 0 Å². The standard InChI is InChI=1S/C7H10OS3/c1-2-6(8)11-7-5-9-3-4-10-7/h2,7H,1,3-5H2. The van der Waals surface area contributed by atoms with E-state index in [1.165, 1.54) is 29.3 Å². The van der Waals surface area contributed by atoms with Gasteiger partial charge in [-0.3, -0.25) is 4.79 Å². The van der Waals surface area contributed by atoms with Crippen molar-refractivity contribution in [3.63, 3.8) is 0 Å². The predicted octanol–water partition coefficient (Wildman–Crippen LogP) is 2.24. The van der Waals surface area contributed by atoms with Gasteiger partial charge in [0.25, 0.3) is 0 Å². The van der Waals surface area contributed by atoms with Crippen LogP contribution in [0.4, 0.5) is 0 Å². The normalized spacial score (nSPS) is 24.5. The second-order valence-electron chi connectivity index (χ2n) is 2.02. The van der Waals surface area contributed by atoms with Crippen LogP contribution in [0.15, 0.2) is 12.7 Å². The molecule has 1 atom stereocenters. The number of hydrogen-bond acceptors (Lipinski definition) is 4. The lowest BCUT2D eigenvalue weighted by Gasteiger charge is -2.18. The Morgan fingerprint density at radius 2 is 2.45 bits per heavy atom. The lowest BCUT2D eigenvalue weighted by molar-refractivity contribution is -0.107. The lowest BCUT2D eigenvalue weighted by Crippen LogP contribution is -2.11. The average molecular weight is 206 g/mol. The molecule has 0 aromatic rings. The molecule has 4 heteroatoms. The van der Waals surface area contributed by atoms with Gasteiger partial charge >= 0.3 is 0 Å². The third-order valence-electron chi connectivity index (χ3n) is 1.20. The maximum Gasteiger partial charge on any atom is 0.212 e. The van der Waals surface area contributed by atoms with Crippen molar-refractivity contribution in [3.8, 4) is 0 Å². The summed E-state index contributed by atoms with van der Waals surface area (Å²) in [5, 5.41) is 0.102. The van der Waals surface area contributed by atoms with Crippen LogP contribution < -0.4 is 0 Å². The quantitative estimate of drug-likeness (QED) is 0.644. The van der Waals surface area contributed by atoms with E-state index >= 15 is 0 Å². The van der Waals surface area contributed by atoms with E-state index in [0.717, 1.165) is 5.75 Å². The first kappa shape index (κ1) is 9.55. The van der Waals surface area contributed by atoms with E-state index < -0.39 is 0 Å². The van der Waals surface area contributed by atoms with Gasteiger partial charge in [-0.25, -0.2) is 0 Å². The Kier molecular flexibility index (Phi) is 4.48. The van der Waals surface area contributed by atoms with E-state index in [2.05, 4.69) is 6.58 Å². The van der Waals surface area contributed by atoms with Crippen LogP contribution in [0, 0.1) is 0 Å². The zero-order valence-corrected chi connectivity index (χ0v) is 8.57. The van der Waals surface area contributed by atoms with Crippen LogP contribution >= 0.6 is 35.3 Å². The minimum Gasteiger partial charge on any atom is -0.282 e. The third kappa shape index (κ3) is 3.58. The number of hydrogen-bond donors (Lipinski definition) is 0. The van der Waals surface area contributed by atoms with Gasteiger partial charge in [0, 0.05) is 17.3 Å². The molecule has 1 aliphatic heterocycles. The van der Waals surface area contributed by atoms with E-state index in [9.17, 15) is 4.79 Å². The minimum atomic E-state index is 0.102. The monoisotopic (exact) mass is 206 g/mol. The zero-order chi connectivity index (χ0) is 8.10. The first-order chi connectivity index (χ1) is 5.33. The number of rotatable bonds is 2. The summed E-state index contributed by atoms with van der Waals surface area (Å²) >= 11 is 5.21. The highest BCUT2D eigenvalue weighted by molar-refractivity contribution is 8.26. The summed E-state index contributed by atoms with van der Waals surface area (Å²) in [6, 6.07) is 0. The molecule has 1 heterocycles. The third-order valence-corrected chi connectivity index (χ3v) is 5.45. The second-order valence-corrected chi connectivity index (χ2v) is 5.98. The fraction of sp³-hybridized carbons (Fsp3) is 0.571. The van der Waals surface area contributed by atoms with Crippen LogP contribution in [0.2, 0.25) is 0 Å². The Balaban J connectivity index is 2.24. The molecule has 0 amide bonds. The van der Waals surface area contributed by atoms with Gasteiger partial charge < -0.3 is 0 Å². The molecular weight excluding hydrogens is 196 g/mol. The molecule has 0 aromatic heterocycles. The molecule has 1 saturated heterocycles. The number of thioether (sulfide) groups is 3. The van der Waals surface area contributed by atoms with Crippen molar-refractivity contribution in [3.05, 3.63) is 12.7 Å². The van der Waals surface area contributed by atoms with Crippen LogP contribution in [0.5, 0.6) is 0 Å². The first-order valence-electron chi connectivity index (χ1n) is 3.35.